The minimum atomic E-state index is -0.883. The molecule has 0 bridgehead atoms. The number of aliphatic hydroxyl groups excluding tert-OH is 1. The van der Waals surface area contributed by atoms with Crippen molar-refractivity contribution < 1.29 is 34.1 Å². The fourth-order valence-corrected chi connectivity index (χ4v) is 3.00. The molecular formula is C25H32N2O7. The molecule has 0 unspecified atom stereocenters. The highest BCUT2D eigenvalue weighted by Gasteiger charge is 2.24. The van der Waals surface area contributed by atoms with E-state index in [0.717, 1.165) is 11.1 Å². The van der Waals surface area contributed by atoms with Crippen molar-refractivity contribution in [3.63, 3.8) is 0 Å². The van der Waals surface area contributed by atoms with Crippen molar-refractivity contribution in [3.8, 4) is 11.5 Å². The zero-order chi connectivity index (χ0) is 25.1. The van der Waals surface area contributed by atoms with Gasteiger partial charge in [-0.05, 0) is 62.6 Å². The Morgan fingerprint density at radius 1 is 0.941 bits per heavy atom. The van der Waals surface area contributed by atoms with E-state index in [9.17, 15) is 14.4 Å². The molecule has 0 saturated carbocycles. The number of carbonyl (C=O) groups is 3. The zero-order valence-corrected chi connectivity index (χ0v) is 19.7. The molecule has 0 saturated heterocycles. The number of alkyl carbamates (subject to hydrolysis) is 1. The van der Waals surface area contributed by atoms with E-state index in [1.165, 1.54) is 0 Å². The smallest absolute Gasteiger partial charge is 0.408 e. The quantitative estimate of drug-likeness (QED) is 0.395. The molecule has 1 atom stereocenters. The summed E-state index contributed by atoms with van der Waals surface area (Å²) in [7, 11) is 0. The Bertz CT molecular complexity index is 951. The van der Waals surface area contributed by atoms with Gasteiger partial charge in [-0.15, -0.1) is 0 Å². The zero-order valence-electron chi connectivity index (χ0n) is 19.7. The van der Waals surface area contributed by atoms with Crippen molar-refractivity contribution in [2.75, 3.05) is 13.2 Å². The molecule has 0 aliphatic rings. The van der Waals surface area contributed by atoms with Crippen LogP contribution in [0, 0.1) is 0 Å². The van der Waals surface area contributed by atoms with Crippen molar-refractivity contribution in [1.82, 2.24) is 10.6 Å². The van der Waals surface area contributed by atoms with Gasteiger partial charge in [0.05, 0.1) is 6.61 Å². The van der Waals surface area contributed by atoms with Crippen molar-refractivity contribution in [2.45, 2.75) is 51.7 Å². The average molecular weight is 473 g/mol. The summed E-state index contributed by atoms with van der Waals surface area (Å²) in [5.41, 5.74) is 0.994. The molecule has 34 heavy (non-hydrogen) atoms. The van der Waals surface area contributed by atoms with E-state index in [2.05, 4.69) is 10.6 Å². The Hall–Kier alpha value is -3.59. The number of ether oxygens (including phenoxy) is 2. The van der Waals surface area contributed by atoms with E-state index in [-0.39, 0.29) is 26.0 Å². The number of carboxylic acid groups (broad SMARTS) is 1. The molecule has 0 aromatic heterocycles. The van der Waals surface area contributed by atoms with Gasteiger partial charge in [0.15, 0.2) is 0 Å². The van der Waals surface area contributed by atoms with Gasteiger partial charge in [0.25, 0.3) is 0 Å². The Balaban J connectivity index is 2.01. The second-order valence-corrected chi connectivity index (χ2v) is 8.70. The van der Waals surface area contributed by atoms with Crippen LogP contribution >= 0.6 is 0 Å². The first-order valence-corrected chi connectivity index (χ1v) is 11.0. The highest BCUT2D eigenvalue weighted by atomic mass is 16.6. The van der Waals surface area contributed by atoms with Crippen molar-refractivity contribution >= 4 is 18.0 Å². The normalized spacial score (nSPS) is 11.9. The SMILES string of the molecule is CC(C)(C)OC(=O)N[C@@H](Cc1ccc(Oc2ccc(CCC(=O)O)cc2)cc1)C(=O)NCCO. The lowest BCUT2D eigenvalue weighted by molar-refractivity contribution is -0.137. The fourth-order valence-electron chi connectivity index (χ4n) is 3.00. The van der Waals surface area contributed by atoms with E-state index in [1.54, 1.807) is 57.2 Å². The lowest BCUT2D eigenvalue weighted by Crippen LogP contribution is -2.49. The van der Waals surface area contributed by atoms with Gasteiger partial charge in [-0.3, -0.25) is 9.59 Å². The van der Waals surface area contributed by atoms with Gasteiger partial charge < -0.3 is 30.3 Å². The molecule has 2 aromatic rings. The molecule has 0 spiro atoms. The van der Waals surface area contributed by atoms with E-state index < -0.39 is 29.6 Å². The first kappa shape index (κ1) is 26.7. The number of carboxylic acids is 1. The standard InChI is InChI=1S/C25H32N2O7/c1-25(2,3)34-24(32)27-21(23(31)26-14-15-28)16-18-6-11-20(12-7-18)33-19-9-4-17(5-10-19)8-13-22(29)30/h4-7,9-12,21,28H,8,13-16H2,1-3H3,(H,26,31)(H,27,32)(H,29,30)/t21-/m0/s1. The molecule has 2 aromatic carbocycles. The molecule has 2 amide bonds. The number of rotatable bonds is 11. The van der Waals surface area contributed by atoms with Gasteiger partial charge in [0.2, 0.25) is 5.91 Å². The molecule has 0 heterocycles. The summed E-state index contributed by atoms with van der Waals surface area (Å²) < 4.78 is 11.1. The van der Waals surface area contributed by atoms with Crippen LogP contribution in [0.3, 0.4) is 0 Å². The molecule has 0 aliphatic carbocycles. The van der Waals surface area contributed by atoms with E-state index in [1.807, 2.05) is 12.1 Å². The number of aliphatic carboxylic acids is 1. The summed E-state index contributed by atoms with van der Waals surface area (Å²) in [6, 6.07) is 13.4. The summed E-state index contributed by atoms with van der Waals surface area (Å²) in [5, 5.41) is 22.9. The summed E-state index contributed by atoms with van der Waals surface area (Å²) in [5.74, 6) is -0.0684. The van der Waals surface area contributed by atoms with Crippen LogP contribution < -0.4 is 15.4 Å². The van der Waals surface area contributed by atoms with Crippen molar-refractivity contribution in [3.05, 3.63) is 59.7 Å². The Morgan fingerprint density at radius 2 is 1.50 bits per heavy atom. The van der Waals surface area contributed by atoms with Crippen LogP contribution in [-0.4, -0.2) is 53.0 Å². The first-order chi connectivity index (χ1) is 16.1. The molecule has 0 aliphatic heterocycles. The Kier molecular flexibility index (Phi) is 9.88. The number of benzene rings is 2. The number of amides is 2. The van der Waals surface area contributed by atoms with E-state index in [0.29, 0.717) is 17.9 Å². The average Bonchev–Trinajstić information content (AvgIpc) is 2.76. The third-order valence-electron chi connectivity index (χ3n) is 4.57. The van der Waals surface area contributed by atoms with Gasteiger partial charge in [-0.25, -0.2) is 4.79 Å². The number of aryl methyl sites for hydroxylation is 1. The number of hydrogen-bond donors (Lipinski definition) is 4. The second kappa shape index (κ2) is 12.6. The number of hydrogen-bond acceptors (Lipinski definition) is 6. The van der Waals surface area contributed by atoms with Crippen LogP contribution in [0.25, 0.3) is 0 Å². The summed E-state index contributed by atoms with van der Waals surface area (Å²) in [6.45, 7) is 5.06. The topological polar surface area (TPSA) is 134 Å². The summed E-state index contributed by atoms with van der Waals surface area (Å²) >= 11 is 0. The summed E-state index contributed by atoms with van der Waals surface area (Å²) in [6.07, 6.45) is 0.0381. The monoisotopic (exact) mass is 472 g/mol. The predicted molar refractivity (Wildman–Crippen MR) is 126 cm³/mol. The van der Waals surface area contributed by atoms with Gasteiger partial charge in [-0.2, -0.15) is 0 Å². The molecule has 9 nitrogen and oxygen atoms in total. The molecule has 0 fully saturated rings. The largest absolute Gasteiger partial charge is 0.481 e. The van der Waals surface area contributed by atoms with Crippen molar-refractivity contribution in [2.24, 2.45) is 0 Å². The third kappa shape index (κ3) is 9.91. The maximum absolute atomic E-state index is 12.5. The highest BCUT2D eigenvalue weighted by Crippen LogP contribution is 2.23. The Morgan fingerprint density at radius 3 is 2.00 bits per heavy atom. The minimum absolute atomic E-state index is 0.0729. The molecule has 9 heteroatoms. The van der Waals surface area contributed by atoms with Crippen LogP contribution in [0.4, 0.5) is 4.79 Å². The van der Waals surface area contributed by atoms with Gasteiger partial charge >= 0.3 is 12.1 Å². The number of nitrogens with one attached hydrogen (secondary N) is 2. The highest BCUT2D eigenvalue weighted by molar-refractivity contribution is 5.86. The fraction of sp³-hybridized carbons (Fsp3) is 0.400. The molecular weight excluding hydrogens is 440 g/mol. The molecule has 184 valence electrons. The Labute approximate surface area is 199 Å². The van der Waals surface area contributed by atoms with Crippen molar-refractivity contribution in [1.29, 1.82) is 0 Å². The van der Waals surface area contributed by atoms with Crippen LogP contribution in [-0.2, 0) is 27.2 Å². The number of aliphatic hydroxyl groups is 1. The second-order valence-electron chi connectivity index (χ2n) is 8.70. The van der Waals surface area contributed by atoms with Gasteiger partial charge in [-0.1, -0.05) is 24.3 Å². The first-order valence-electron chi connectivity index (χ1n) is 11.0. The predicted octanol–water partition coefficient (Wildman–Crippen LogP) is 3.04. The van der Waals surface area contributed by atoms with E-state index in [4.69, 9.17) is 19.7 Å². The molecule has 0 radical (unpaired) electrons. The maximum atomic E-state index is 12.5. The lowest BCUT2D eigenvalue weighted by Gasteiger charge is -2.23. The third-order valence-corrected chi connectivity index (χ3v) is 4.57. The van der Waals surface area contributed by atoms with Crippen LogP contribution in [0.15, 0.2) is 48.5 Å². The van der Waals surface area contributed by atoms with Gasteiger partial charge in [0.1, 0.15) is 23.1 Å². The van der Waals surface area contributed by atoms with Crippen LogP contribution in [0.5, 0.6) is 11.5 Å². The van der Waals surface area contributed by atoms with Gasteiger partial charge in [0, 0.05) is 19.4 Å². The van der Waals surface area contributed by atoms with Crippen LogP contribution in [0.2, 0.25) is 0 Å². The molecule has 4 N–H and O–H groups in total. The van der Waals surface area contributed by atoms with E-state index >= 15 is 0 Å². The number of carbonyl (C=O) groups excluding carboxylic acids is 2. The maximum Gasteiger partial charge on any atom is 0.408 e. The lowest BCUT2D eigenvalue weighted by atomic mass is 10.1. The minimum Gasteiger partial charge on any atom is -0.481 e. The summed E-state index contributed by atoms with van der Waals surface area (Å²) in [4.78, 5) is 35.3. The van der Waals surface area contributed by atoms with Crippen LogP contribution in [0.1, 0.15) is 38.3 Å². The molecule has 2 rings (SSSR count).